The van der Waals surface area contributed by atoms with Crippen LogP contribution in [0, 0.1) is 11.8 Å². The van der Waals surface area contributed by atoms with Gasteiger partial charge in [0.05, 0.1) is 6.61 Å². The zero-order chi connectivity index (χ0) is 13.2. The molecular formula is C16H21N2O. The van der Waals surface area contributed by atoms with E-state index in [1.54, 1.807) is 0 Å². The van der Waals surface area contributed by atoms with Crippen LogP contribution in [0.25, 0.3) is 10.9 Å². The van der Waals surface area contributed by atoms with Crippen molar-refractivity contribution in [3.63, 3.8) is 0 Å². The van der Waals surface area contributed by atoms with Crippen LogP contribution < -0.4 is 5.32 Å². The van der Waals surface area contributed by atoms with E-state index in [1.165, 1.54) is 16.5 Å². The largest absolute Gasteiger partial charge is 0.361 e. The number of hydrogen-bond acceptors (Lipinski definition) is 1. The Morgan fingerprint density at radius 2 is 2.16 bits per heavy atom. The molecule has 0 amide bonds. The van der Waals surface area contributed by atoms with Crippen LogP contribution in [0.2, 0.25) is 0 Å². The van der Waals surface area contributed by atoms with Gasteiger partial charge in [0.1, 0.15) is 0 Å². The molecule has 1 saturated heterocycles. The lowest BCUT2D eigenvalue weighted by Gasteiger charge is -2.32. The first-order chi connectivity index (χ1) is 9.29. The van der Waals surface area contributed by atoms with Crippen LogP contribution in [0.3, 0.4) is 0 Å². The van der Waals surface area contributed by atoms with Gasteiger partial charge in [-0.1, -0.05) is 25.1 Å². The van der Waals surface area contributed by atoms with Crippen LogP contribution in [-0.2, 0) is 5.11 Å². The number of rotatable bonds is 3. The van der Waals surface area contributed by atoms with E-state index in [-0.39, 0.29) is 6.61 Å². The number of hydrogen-bond donors (Lipinski definition) is 2. The van der Waals surface area contributed by atoms with Crippen molar-refractivity contribution >= 4 is 10.9 Å². The van der Waals surface area contributed by atoms with Crippen LogP contribution in [-0.4, -0.2) is 24.7 Å². The highest BCUT2D eigenvalue weighted by Gasteiger charge is 2.27. The average molecular weight is 257 g/mol. The van der Waals surface area contributed by atoms with Gasteiger partial charge in [-0.3, -0.25) is 0 Å². The van der Waals surface area contributed by atoms with Gasteiger partial charge in [0.25, 0.3) is 0 Å². The zero-order valence-electron chi connectivity index (χ0n) is 11.4. The first kappa shape index (κ1) is 12.7. The molecule has 3 unspecified atom stereocenters. The van der Waals surface area contributed by atoms with Crippen molar-refractivity contribution in [2.24, 2.45) is 11.8 Å². The molecule has 1 aliphatic rings. The minimum Gasteiger partial charge on any atom is -0.361 e. The van der Waals surface area contributed by atoms with Crippen LogP contribution in [0.15, 0.2) is 30.5 Å². The molecule has 101 valence electrons. The number of piperidine rings is 1. The van der Waals surface area contributed by atoms with Gasteiger partial charge in [-0.15, -0.1) is 0 Å². The fourth-order valence-corrected chi connectivity index (χ4v) is 3.30. The van der Waals surface area contributed by atoms with Crippen LogP contribution in [0.5, 0.6) is 0 Å². The van der Waals surface area contributed by atoms with E-state index in [2.05, 4.69) is 47.7 Å². The summed E-state index contributed by atoms with van der Waals surface area (Å²) >= 11 is 0. The van der Waals surface area contributed by atoms with Crippen LogP contribution >= 0.6 is 0 Å². The molecule has 0 aliphatic carbocycles. The molecule has 2 heterocycles. The Hall–Kier alpha value is -1.32. The number of aromatic amines is 1. The van der Waals surface area contributed by atoms with Crippen molar-refractivity contribution in [2.45, 2.75) is 19.3 Å². The standard InChI is InChI=1S/C16H21N2O/c1-11(13-6-12(10-19)7-17-8-13)15-9-18-16-5-3-2-4-14(15)16/h2-5,9,11-13,17-18H,6-8,10H2,1H3. The van der Waals surface area contributed by atoms with Gasteiger partial charge >= 0.3 is 0 Å². The van der Waals surface area contributed by atoms with Crippen molar-refractivity contribution in [1.29, 1.82) is 0 Å². The summed E-state index contributed by atoms with van der Waals surface area (Å²) in [6.07, 6.45) is 3.19. The van der Waals surface area contributed by atoms with Gasteiger partial charge in [-0.25, -0.2) is 5.11 Å². The monoisotopic (exact) mass is 257 g/mol. The minimum absolute atomic E-state index is 0.0457. The Morgan fingerprint density at radius 1 is 1.32 bits per heavy atom. The summed E-state index contributed by atoms with van der Waals surface area (Å²) in [7, 11) is 0. The predicted molar refractivity (Wildman–Crippen MR) is 76.7 cm³/mol. The molecule has 1 fully saturated rings. The van der Waals surface area contributed by atoms with E-state index in [0.29, 0.717) is 17.8 Å². The number of H-pyrrole nitrogens is 1. The molecular weight excluding hydrogens is 236 g/mol. The van der Waals surface area contributed by atoms with Gasteiger partial charge < -0.3 is 10.3 Å². The molecule has 2 N–H and O–H groups in total. The highest BCUT2D eigenvalue weighted by atomic mass is 16.3. The Morgan fingerprint density at radius 3 is 3.00 bits per heavy atom. The maximum absolute atomic E-state index is 11.1. The molecule has 2 aromatic rings. The third-order valence-corrected chi connectivity index (χ3v) is 4.53. The smallest absolute Gasteiger partial charge is 0.0862 e. The molecule has 1 aromatic carbocycles. The SMILES string of the molecule is CC(c1c[nH]c2ccccc12)C1CNCC(C[O])C1. The Bertz CT molecular complexity index is 548. The molecule has 1 radical (unpaired) electrons. The zero-order valence-corrected chi connectivity index (χ0v) is 11.4. The van der Waals surface area contributed by atoms with Crippen LogP contribution in [0.4, 0.5) is 0 Å². The Kier molecular flexibility index (Phi) is 3.58. The fraction of sp³-hybridized carbons (Fsp3) is 0.500. The molecule has 0 bridgehead atoms. The third-order valence-electron chi connectivity index (χ3n) is 4.53. The number of para-hydroxylation sites is 1. The summed E-state index contributed by atoms with van der Waals surface area (Å²) < 4.78 is 0. The van der Waals surface area contributed by atoms with Gasteiger partial charge in [-0.05, 0) is 42.3 Å². The summed E-state index contributed by atoms with van der Waals surface area (Å²) in [4.78, 5) is 3.35. The quantitative estimate of drug-likeness (QED) is 0.872. The van der Waals surface area contributed by atoms with Crippen molar-refractivity contribution in [3.8, 4) is 0 Å². The van der Waals surface area contributed by atoms with E-state index in [1.807, 2.05) is 0 Å². The van der Waals surface area contributed by atoms with Gasteiger partial charge in [0, 0.05) is 23.6 Å². The van der Waals surface area contributed by atoms with Gasteiger partial charge in [0.2, 0.25) is 0 Å². The predicted octanol–water partition coefficient (Wildman–Crippen LogP) is 2.93. The molecule has 3 rings (SSSR count). The van der Waals surface area contributed by atoms with Crippen molar-refractivity contribution in [2.75, 3.05) is 19.7 Å². The van der Waals surface area contributed by atoms with Crippen molar-refractivity contribution in [3.05, 3.63) is 36.0 Å². The number of fused-ring (bicyclic) bond motifs is 1. The normalized spacial score (nSPS) is 25.6. The van der Waals surface area contributed by atoms with Gasteiger partial charge in [-0.2, -0.15) is 0 Å². The maximum atomic E-state index is 11.1. The van der Waals surface area contributed by atoms with E-state index < -0.39 is 0 Å². The lowest BCUT2D eigenvalue weighted by molar-refractivity contribution is 0.109. The molecule has 3 heteroatoms. The number of benzene rings is 1. The summed E-state index contributed by atoms with van der Waals surface area (Å²) in [5, 5.41) is 15.8. The van der Waals surface area contributed by atoms with Crippen molar-refractivity contribution in [1.82, 2.24) is 10.3 Å². The van der Waals surface area contributed by atoms with E-state index in [4.69, 9.17) is 0 Å². The summed E-state index contributed by atoms with van der Waals surface area (Å²) in [6.45, 7) is 4.25. The highest BCUT2D eigenvalue weighted by Crippen LogP contribution is 2.34. The average Bonchev–Trinajstić information content (AvgIpc) is 2.90. The third kappa shape index (κ3) is 2.40. The molecule has 0 saturated carbocycles. The molecule has 19 heavy (non-hydrogen) atoms. The topological polar surface area (TPSA) is 47.7 Å². The molecule has 1 aromatic heterocycles. The van der Waals surface area contributed by atoms with Crippen molar-refractivity contribution < 1.29 is 5.11 Å². The second kappa shape index (κ2) is 5.35. The van der Waals surface area contributed by atoms with E-state index in [9.17, 15) is 5.11 Å². The summed E-state index contributed by atoms with van der Waals surface area (Å²) in [6, 6.07) is 8.44. The van der Waals surface area contributed by atoms with Crippen LogP contribution in [0.1, 0.15) is 24.8 Å². The second-order valence-corrected chi connectivity index (χ2v) is 5.76. The highest BCUT2D eigenvalue weighted by molar-refractivity contribution is 5.83. The first-order valence-corrected chi connectivity index (χ1v) is 7.14. The summed E-state index contributed by atoms with van der Waals surface area (Å²) in [5.74, 6) is 1.34. The molecule has 3 nitrogen and oxygen atoms in total. The van der Waals surface area contributed by atoms with Gasteiger partial charge in [0.15, 0.2) is 0 Å². The molecule has 0 spiro atoms. The maximum Gasteiger partial charge on any atom is 0.0862 e. The second-order valence-electron chi connectivity index (χ2n) is 5.76. The summed E-state index contributed by atoms with van der Waals surface area (Å²) in [5.41, 5.74) is 2.59. The fourth-order valence-electron chi connectivity index (χ4n) is 3.30. The molecule has 3 atom stereocenters. The van der Waals surface area contributed by atoms with E-state index in [0.717, 1.165) is 19.5 Å². The Balaban J connectivity index is 1.85. The first-order valence-electron chi connectivity index (χ1n) is 7.14. The Labute approximate surface area is 114 Å². The lowest BCUT2D eigenvalue weighted by atomic mass is 9.79. The molecule has 1 aliphatic heterocycles. The lowest BCUT2D eigenvalue weighted by Crippen LogP contribution is -2.39. The van der Waals surface area contributed by atoms with E-state index >= 15 is 0 Å². The number of nitrogens with one attached hydrogen (secondary N) is 2. The minimum atomic E-state index is 0.0457. The number of aromatic nitrogens is 1.